The molecule has 1 atom stereocenters. The fraction of sp³-hybridized carbons (Fsp3) is 0.300. The molecule has 0 bridgehead atoms. The van der Waals surface area contributed by atoms with Crippen molar-refractivity contribution in [1.29, 1.82) is 0 Å². The molecule has 5 nitrogen and oxygen atoms in total. The zero-order valence-electron chi connectivity index (χ0n) is 14.0. The summed E-state index contributed by atoms with van der Waals surface area (Å²) in [6.45, 7) is 1.60. The lowest BCUT2D eigenvalue weighted by Gasteiger charge is -2.33. The normalized spacial score (nSPS) is 17.6. The number of rotatable bonds is 3. The van der Waals surface area contributed by atoms with Crippen LogP contribution in [0.2, 0.25) is 0 Å². The van der Waals surface area contributed by atoms with Crippen molar-refractivity contribution < 1.29 is 4.79 Å². The van der Waals surface area contributed by atoms with Gasteiger partial charge < -0.3 is 4.90 Å². The van der Waals surface area contributed by atoms with Gasteiger partial charge in [-0.05, 0) is 48.9 Å². The van der Waals surface area contributed by atoms with Crippen molar-refractivity contribution in [3.63, 3.8) is 0 Å². The number of fused-ring (bicyclic) bond motifs is 1. The minimum Gasteiger partial charge on any atom is -0.338 e. The van der Waals surface area contributed by atoms with Crippen LogP contribution < -0.4 is 0 Å². The van der Waals surface area contributed by atoms with E-state index in [1.54, 1.807) is 18.5 Å². The summed E-state index contributed by atoms with van der Waals surface area (Å²) in [7, 11) is 0. The maximum Gasteiger partial charge on any atom is 0.255 e. The molecule has 2 aromatic heterocycles. The lowest BCUT2D eigenvalue weighted by Crippen LogP contribution is -2.40. The van der Waals surface area contributed by atoms with Gasteiger partial charge in [0.05, 0.1) is 23.5 Å². The molecule has 1 aliphatic heterocycles. The van der Waals surface area contributed by atoms with Gasteiger partial charge in [0, 0.05) is 24.7 Å². The summed E-state index contributed by atoms with van der Waals surface area (Å²) in [6.07, 6.45) is 8.10. The van der Waals surface area contributed by atoms with Crippen molar-refractivity contribution in [2.24, 2.45) is 5.92 Å². The van der Waals surface area contributed by atoms with Gasteiger partial charge in [0.2, 0.25) is 0 Å². The Bertz CT molecular complexity index is 876. The lowest BCUT2D eigenvalue weighted by molar-refractivity contribution is 0.0673. The van der Waals surface area contributed by atoms with Crippen LogP contribution in [0.1, 0.15) is 28.8 Å². The minimum absolute atomic E-state index is 0.0548. The summed E-state index contributed by atoms with van der Waals surface area (Å²) >= 11 is 0. The van der Waals surface area contributed by atoms with Gasteiger partial charge in [-0.3, -0.25) is 9.78 Å². The van der Waals surface area contributed by atoms with E-state index in [-0.39, 0.29) is 5.91 Å². The van der Waals surface area contributed by atoms with Crippen LogP contribution in [-0.2, 0) is 6.42 Å². The summed E-state index contributed by atoms with van der Waals surface area (Å²) in [5.41, 5.74) is 2.96. The first-order chi connectivity index (χ1) is 12.3. The largest absolute Gasteiger partial charge is 0.338 e. The fourth-order valence-corrected chi connectivity index (χ4v) is 3.67. The third kappa shape index (κ3) is 3.36. The predicted octanol–water partition coefficient (Wildman–Crippen LogP) is 3.12. The van der Waals surface area contributed by atoms with E-state index in [1.165, 1.54) is 10.9 Å². The van der Waals surface area contributed by atoms with Crippen LogP contribution in [0.25, 0.3) is 10.9 Å². The molecule has 1 saturated heterocycles. The molecule has 1 aliphatic rings. The molecule has 1 aromatic carbocycles. The van der Waals surface area contributed by atoms with Gasteiger partial charge in [-0.1, -0.05) is 18.2 Å². The number of carbonyl (C=O) groups excluding carboxylic acids is 1. The van der Waals surface area contributed by atoms with E-state index < -0.39 is 0 Å². The molecule has 3 aromatic rings. The molecule has 0 aliphatic carbocycles. The fourth-order valence-electron chi connectivity index (χ4n) is 3.67. The molecule has 4 rings (SSSR count). The minimum atomic E-state index is 0.0548. The summed E-state index contributed by atoms with van der Waals surface area (Å²) < 4.78 is 0. The third-order valence-corrected chi connectivity index (χ3v) is 4.88. The van der Waals surface area contributed by atoms with Crippen LogP contribution in [-0.4, -0.2) is 39.1 Å². The zero-order chi connectivity index (χ0) is 17.1. The summed E-state index contributed by atoms with van der Waals surface area (Å²) in [6, 6.07) is 12.1. The summed E-state index contributed by atoms with van der Waals surface area (Å²) in [5.74, 6) is 0.525. The Morgan fingerprint density at radius 2 is 2.08 bits per heavy atom. The highest BCUT2D eigenvalue weighted by Crippen LogP contribution is 2.25. The first-order valence-electron chi connectivity index (χ1n) is 8.70. The second-order valence-corrected chi connectivity index (χ2v) is 6.58. The smallest absolute Gasteiger partial charge is 0.255 e. The van der Waals surface area contributed by atoms with Gasteiger partial charge in [0.15, 0.2) is 0 Å². The molecule has 1 amide bonds. The van der Waals surface area contributed by atoms with Crippen molar-refractivity contribution in [3.05, 3.63) is 66.1 Å². The topological polar surface area (TPSA) is 59.0 Å². The maximum absolute atomic E-state index is 12.7. The predicted molar refractivity (Wildman–Crippen MR) is 96.1 cm³/mol. The molecule has 0 spiro atoms. The van der Waals surface area contributed by atoms with Crippen LogP contribution in [0.4, 0.5) is 0 Å². The van der Waals surface area contributed by atoms with E-state index in [0.29, 0.717) is 11.5 Å². The lowest BCUT2D eigenvalue weighted by atomic mass is 9.89. The van der Waals surface area contributed by atoms with E-state index in [9.17, 15) is 4.79 Å². The summed E-state index contributed by atoms with van der Waals surface area (Å²) in [5, 5.41) is 8.78. The number of aromatic nitrogens is 3. The highest BCUT2D eigenvalue weighted by molar-refractivity contribution is 5.93. The SMILES string of the molecule is O=C(c1ccnnc1)N1CCC[C@H](Cc2cccc3ncccc23)C1. The van der Waals surface area contributed by atoms with Gasteiger partial charge in [0.1, 0.15) is 0 Å². The molecule has 1 fully saturated rings. The molecule has 5 heteroatoms. The van der Waals surface area contributed by atoms with Crippen molar-refractivity contribution in [1.82, 2.24) is 20.1 Å². The Morgan fingerprint density at radius 1 is 1.12 bits per heavy atom. The maximum atomic E-state index is 12.7. The van der Waals surface area contributed by atoms with Crippen LogP contribution in [0.5, 0.6) is 0 Å². The highest BCUT2D eigenvalue weighted by atomic mass is 16.2. The van der Waals surface area contributed by atoms with Gasteiger partial charge in [-0.25, -0.2) is 0 Å². The molecule has 126 valence electrons. The number of piperidine rings is 1. The third-order valence-electron chi connectivity index (χ3n) is 4.88. The Hall–Kier alpha value is -2.82. The van der Waals surface area contributed by atoms with Crippen LogP contribution >= 0.6 is 0 Å². The van der Waals surface area contributed by atoms with Crippen molar-refractivity contribution >= 4 is 16.8 Å². The second-order valence-electron chi connectivity index (χ2n) is 6.58. The highest BCUT2D eigenvalue weighted by Gasteiger charge is 2.25. The molecule has 0 radical (unpaired) electrons. The molecule has 25 heavy (non-hydrogen) atoms. The number of carbonyl (C=O) groups is 1. The van der Waals surface area contributed by atoms with Crippen LogP contribution in [0.3, 0.4) is 0 Å². The average molecular weight is 332 g/mol. The number of pyridine rings is 1. The Kier molecular flexibility index (Phi) is 4.37. The number of likely N-dealkylation sites (tertiary alicyclic amines) is 1. The zero-order valence-corrected chi connectivity index (χ0v) is 14.0. The van der Waals surface area contributed by atoms with E-state index >= 15 is 0 Å². The van der Waals surface area contributed by atoms with Gasteiger partial charge >= 0.3 is 0 Å². The molecule has 0 N–H and O–H groups in total. The molecular formula is C20H20N4O. The van der Waals surface area contributed by atoms with E-state index in [1.807, 2.05) is 23.2 Å². The van der Waals surface area contributed by atoms with Gasteiger partial charge in [-0.2, -0.15) is 10.2 Å². The van der Waals surface area contributed by atoms with Crippen molar-refractivity contribution in [3.8, 4) is 0 Å². The van der Waals surface area contributed by atoms with Gasteiger partial charge in [0.25, 0.3) is 5.91 Å². The molecule has 0 unspecified atom stereocenters. The van der Waals surface area contributed by atoms with E-state index in [0.717, 1.165) is 37.9 Å². The van der Waals surface area contributed by atoms with Crippen LogP contribution in [0, 0.1) is 5.92 Å². The number of hydrogen-bond acceptors (Lipinski definition) is 4. The Labute approximate surface area is 146 Å². The monoisotopic (exact) mass is 332 g/mol. The first kappa shape index (κ1) is 15.7. The van der Waals surface area contributed by atoms with E-state index in [2.05, 4.69) is 33.4 Å². The van der Waals surface area contributed by atoms with Crippen molar-refractivity contribution in [2.75, 3.05) is 13.1 Å². The van der Waals surface area contributed by atoms with Crippen LogP contribution in [0.15, 0.2) is 55.0 Å². The number of hydrogen-bond donors (Lipinski definition) is 0. The molecular weight excluding hydrogens is 312 g/mol. The molecule has 0 saturated carbocycles. The average Bonchev–Trinajstić information content (AvgIpc) is 2.69. The quantitative estimate of drug-likeness (QED) is 0.739. The van der Waals surface area contributed by atoms with Gasteiger partial charge in [-0.15, -0.1) is 0 Å². The van der Waals surface area contributed by atoms with Crippen molar-refractivity contribution in [2.45, 2.75) is 19.3 Å². The van der Waals surface area contributed by atoms with E-state index in [4.69, 9.17) is 0 Å². The number of nitrogens with zero attached hydrogens (tertiary/aromatic N) is 4. The standard InChI is InChI=1S/C20H20N4O/c25-20(17-8-10-22-23-13-17)24-11-3-4-15(14-24)12-16-5-1-7-19-18(16)6-2-9-21-19/h1-2,5-10,13,15H,3-4,11-12,14H2/t15-/m1/s1. The number of benzene rings is 1. The number of amides is 1. The Balaban J connectivity index is 1.51. The summed E-state index contributed by atoms with van der Waals surface area (Å²) in [4.78, 5) is 19.1. The second kappa shape index (κ2) is 6.97. The molecule has 3 heterocycles. The first-order valence-corrected chi connectivity index (χ1v) is 8.70. The Morgan fingerprint density at radius 3 is 2.96 bits per heavy atom.